The Hall–Kier alpha value is -0.710. The maximum absolute atomic E-state index is 5.07. The summed E-state index contributed by atoms with van der Waals surface area (Å²) in [7, 11) is 5.90. The molecule has 82 valence electrons. The third-order valence-corrected chi connectivity index (χ3v) is 3.41. The van der Waals surface area contributed by atoms with Gasteiger partial charge in [0.25, 0.3) is 0 Å². The van der Waals surface area contributed by atoms with Crippen LogP contribution in [0.15, 0.2) is 23.1 Å². The van der Waals surface area contributed by atoms with E-state index in [1.165, 1.54) is 23.3 Å². The van der Waals surface area contributed by atoms with Crippen molar-refractivity contribution in [3.63, 3.8) is 0 Å². The first-order chi connectivity index (χ1) is 7.22. The molecule has 1 aromatic rings. The Morgan fingerprint density at radius 1 is 1.33 bits per heavy atom. The molecule has 1 aromatic carbocycles. The van der Waals surface area contributed by atoms with E-state index in [1.54, 1.807) is 7.11 Å². The first kappa shape index (κ1) is 10.8. The Morgan fingerprint density at radius 2 is 2.13 bits per heavy atom. The molecular formula is C11H16N2OS. The van der Waals surface area contributed by atoms with E-state index in [-0.39, 0.29) is 0 Å². The third kappa shape index (κ3) is 2.12. The van der Waals surface area contributed by atoms with Crippen molar-refractivity contribution in [2.45, 2.75) is 11.3 Å². The van der Waals surface area contributed by atoms with Crippen molar-refractivity contribution in [2.24, 2.45) is 0 Å². The summed E-state index contributed by atoms with van der Waals surface area (Å²) in [6.45, 7) is 1.08. The predicted molar refractivity (Wildman–Crippen MR) is 64.0 cm³/mol. The van der Waals surface area contributed by atoms with Crippen molar-refractivity contribution >= 4 is 17.7 Å². The van der Waals surface area contributed by atoms with Crippen LogP contribution in [0, 0.1) is 0 Å². The largest absolute Gasteiger partial charge is 0.314 e. The third-order valence-electron chi connectivity index (χ3n) is 2.80. The summed E-state index contributed by atoms with van der Waals surface area (Å²) < 4.78 is 5.07. The molecule has 0 saturated heterocycles. The minimum Gasteiger partial charge on any atom is -0.314 e. The zero-order chi connectivity index (χ0) is 10.8. The number of hydrazine groups is 1. The van der Waals surface area contributed by atoms with E-state index >= 15 is 0 Å². The van der Waals surface area contributed by atoms with Crippen molar-refractivity contribution in [1.29, 1.82) is 0 Å². The Kier molecular flexibility index (Phi) is 3.19. The Labute approximate surface area is 95.2 Å². The average molecular weight is 224 g/mol. The Morgan fingerprint density at radius 3 is 2.87 bits per heavy atom. The molecule has 1 aliphatic heterocycles. The molecule has 4 heteroatoms. The van der Waals surface area contributed by atoms with Crippen LogP contribution in [0.25, 0.3) is 0 Å². The van der Waals surface area contributed by atoms with E-state index in [9.17, 15) is 0 Å². The van der Waals surface area contributed by atoms with Crippen LogP contribution in [0.2, 0.25) is 0 Å². The minimum absolute atomic E-state index is 1.08. The summed E-state index contributed by atoms with van der Waals surface area (Å²) in [5.74, 6) is 0. The molecule has 1 aliphatic rings. The van der Waals surface area contributed by atoms with Gasteiger partial charge in [0.1, 0.15) is 0 Å². The lowest BCUT2D eigenvalue weighted by Crippen LogP contribution is -2.41. The molecule has 0 spiro atoms. The van der Waals surface area contributed by atoms with Crippen molar-refractivity contribution in [1.82, 2.24) is 5.01 Å². The van der Waals surface area contributed by atoms with Crippen LogP contribution in [0.4, 0.5) is 5.69 Å². The van der Waals surface area contributed by atoms with Crippen molar-refractivity contribution in [2.75, 3.05) is 32.8 Å². The lowest BCUT2D eigenvalue weighted by atomic mass is 10.1. The second kappa shape index (κ2) is 4.43. The fourth-order valence-corrected chi connectivity index (χ4v) is 2.30. The van der Waals surface area contributed by atoms with Gasteiger partial charge in [0.15, 0.2) is 0 Å². The number of likely N-dealkylation sites (N-methyl/N-ethyl adjacent to an activating group) is 1. The highest BCUT2D eigenvalue weighted by Crippen LogP contribution is 2.30. The van der Waals surface area contributed by atoms with Crippen LogP contribution in [0.5, 0.6) is 0 Å². The summed E-state index contributed by atoms with van der Waals surface area (Å²) in [5, 5.41) is 4.42. The standard InChI is InChI=1S/C11H16N2OS/c1-12-7-6-9-4-5-10(15-14-3)8-11(9)13(12)2/h4-5,8H,6-7H2,1-3H3. The fraction of sp³-hybridized carbons (Fsp3) is 0.455. The monoisotopic (exact) mass is 224 g/mol. The molecule has 0 fully saturated rings. The van der Waals surface area contributed by atoms with E-state index in [0.29, 0.717) is 0 Å². The van der Waals surface area contributed by atoms with Crippen LogP contribution in [0.1, 0.15) is 5.56 Å². The SMILES string of the molecule is COSc1ccc2c(c1)N(C)N(C)CC2. The van der Waals surface area contributed by atoms with Gasteiger partial charge in [0.2, 0.25) is 0 Å². The van der Waals surface area contributed by atoms with E-state index in [4.69, 9.17) is 4.18 Å². The first-order valence-corrected chi connectivity index (χ1v) is 5.75. The maximum Gasteiger partial charge on any atom is 0.0563 e. The van der Waals surface area contributed by atoms with Gasteiger partial charge in [-0.1, -0.05) is 6.07 Å². The smallest absolute Gasteiger partial charge is 0.0563 e. The van der Waals surface area contributed by atoms with Crippen LogP contribution in [0.3, 0.4) is 0 Å². The Bertz CT molecular complexity index is 356. The molecule has 15 heavy (non-hydrogen) atoms. The number of hydrogen-bond donors (Lipinski definition) is 0. The van der Waals surface area contributed by atoms with Gasteiger partial charge in [-0.05, 0) is 24.1 Å². The van der Waals surface area contributed by atoms with Gasteiger partial charge in [-0.15, -0.1) is 0 Å². The first-order valence-electron chi connectivity index (χ1n) is 5.00. The van der Waals surface area contributed by atoms with E-state index < -0.39 is 0 Å². The summed E-state index contributed by atoms with van der Waals surface area (Å²) >= 11 is 1.41. The van der Waals surface area contributed by atoms with E-state index in [0.717, 1.165) is 17.9 Å². The lowest BCUT2D eigenvalue weighted by molar-refractivity contribution is 0.313. The highest BCUT2D eigenvalue weighted by Gasteiger charge is 2.18. The fourth-order valence-electron chi connectivity index (χ4n) is 1.82. The van der Waals surface area contributed by atoms with E-state index in [2.05, 4.69) is 42.3 Å². The number of nitrogens with zero attached hydrogens (tertiary/aromatic N) is 2. The lowest BCUT2D eigenvalue weighted by Gasteiger charge is -2.36. The molecule has 0 aromatic heterocycles. The van der Waals surface area contributed by atoms with Crippen molar-refractivity contribution in [3.8, 4) is 0 Å². The molecule has 3 nitrogen and oxygen atoms in total. The molecule has 0 atom stereocenters. The quantitative estimate of drug-likeness (QED) is 0.715. The second-order valence-electron chi connectivity index (χ2n) is 3.70. The van der Waals surface area contributed by atoms with Gasteiger partial charge in [0, 0.05) is 37.6 Å². The second-order valence-corrected chi connectivity index (χ2v) is 4.67. The zero-order valence-corrected chi connectivity index (χ0v) is 10.2. The number of rotatable bonds is 2. The number of hydrogen-bond acceptors (Lipinski definition) is 4. The van der Waals surface area contributed by atoms with Gasteiger partial charge in [-0.25, -0.2) is 5.01 Å². The predicted octanol–water partition coefficient (Wildman–Crippen LogP) is 2.18. The van der Waals surface area contributed by atoms with Crippen LogP contribution in [-0.4, -0.2) is 32.8 Å². The minimum atomic E-state index is 1.08. The molecule has 0 radical (unpaired) electrons. The van der Waals surface area contributed by atoms with Gasteiger partial charge in [0.05, 0.1) is 12.8 Å². The van der Waals surface area contributed by atoms with Gasteiger partial charge < -0.3 is 9.19 Å². The van der Waals surface area contributed by atoms with Crippen LogP contribution >= 0.6 is 12.0 Å². The summed E-state index contributed by atoms with van der Waals surface area (Å²) in [6, 6.07) is 6.49. The molecule has 0 bridgehead atoms. The summed E-state index contributed by atoms with van der Waals surface area (Å²) in [5.41, 5.74) is 2.70. The topological polar surface area (TPSA) is 15.7 Å². The molecule has 1 heterocycles. The van der Waals surface area contributed by atoms with Gasteiger partial charge >= 0.3 is 0 Å². The number of fused-ring (bicyclic) bond motifs is 1. The molecule has 0 saturated carbocycles. The number of anilines is 1. The van der Waals surface area contributed by atoms with Crippen LogP contribution in [-0.2, 0) is 10.6 Å². The highest BCUT2D eigenvalue weighted by molar-refractivity contribution is 7.94. The summed E-state index contributed by atoms with van der Waals surface area (Å²) in [6.07, 6.45) is 1.12. The van der Waals surface area contributed by atoms with Crippen molar-refractivity contribution in [3.05, 3.63) is 23.8 Å². The Balaban J connectivity index is 2.32. The average Bonchev–Trinajstić information content (AvgIpc) is 2.25. The molecule has 2 rings (SSSR count). The molecular weight excluding hydrogens is 208 g/mol. The maximum atomic E-state index is 5.07. The highest BCUT2D eigenvalue weighted by atomic mass is 32.2. The zero-order valence-electron chi connectivity index (χ0n) is 9.36. The summed E-state index contributed by atoms with van der Waals surface area (Å²) in [4.78, 5) is 1.15. The van der Waals surface area contributed by atoms with Gasteiger partial charge in [-0.3, -0.25) is 0 Å². The molecule has 0 aliphatic carbocycles. The van der Waals surface area contributed by atoms with E-state index in [1.807, 2.05) is 0 Å². The normalized spacial score (nSPS) is 16.6. The molecule has 0 unspecified atom stereocenters. The van der Waals surface area contributed by atoms with Crippen LogP contribution < -0.4 is 5.01 Å². The molecule has 0 amide bonds. The molecule has 0 N–H and O–H groups in total. The van der Waals surface area contributed by atoms with Gasteiger partial charge in [-0.2, -0.15) is 0 Å². The van der Waals surface area contributed by atoms with Crippen molar-refractivity contribution < 1.29 is 4.18 Å². The number of benzene rings is 1.